The van der Waals surface area contributed by atoms with E-state index in [-0.39, 0.29) is 17.5 Å². The van der Waals surface area contributed by atoms with E-state index in [1.165, 1.54) is 12.3 Å². The first-order valence-corrected chi connectivity index (χ1v) is 3.83. The second-order valence-electron chi connectivity index (χ2n) is 2.72. The number of carbonyl (C=O) groups is 1. The minimum Gasteiger partial charge on any atom is -0.477 e. The highest BCUT2D eigenvalue weighted by atomic mass is 16.5. The third kappa shape index (κ3) is 2.40. The highest BCUT2D eigenvalue weighted by molar-refractivity contribution is 5.89. The molecule has 0 atom stereocenters. The maximum Gasteiger partial charge on any atom is 0.341 e. The van der Waals surface area contributed by atoms with Gasteiger partial charge in [-0.1, -0.05) is 0 Å². The Morgan fingerprint density at radius 1 is 1.62 bits per heavy atom. The highest BCUT2D eigenvalue weighted by Crippen LogP contribution is 2.13. The first kappa shape index (κ1) is 9.44. The summed E-state index contributed by atoms with van der Waals surface area (Å²) in [7, 11) is 0. The van der Waals surface area contributed by atoms with Crippen LogP contribution in [0.1, 0.15) is 24.2 Å². The Balaban J connectivity index is 2.98. The van der Waals surface area contributed by atoms with Crippen molar-refractivity contribution in [1.82, 2.24) is 10.2 Å². The number of rotatable bonds is 3. The standard InChI is InChI=1S/C8H10N2O3/c1-5(2)13-7-6(8(11)12)3-4-9-10-7/h3-5H,1-2H3,(H,11,12). The Hall–Kier alpha value is -1.65. The van der Waals surface area contributed by atoms with Crippen molar-refractivity contribution in [2.75, 3.05) is 0 Å². The zero-order valence-electron chi connectivity index (χ0n) is 7.39. The second-order valence-corrected chi connectivity index (χ2v) is 2.72. The molecule has 1 heterocycles. The van der Waals surface area contributed by atoms with Crippen molar-refractivity contribution in [3.8, 4) is 5.88 Å². The van der Waals surface area contributed by atoms with Gasteiger partial charge in [-0.3, -0.25) is 0 Å². The van der Waals surface area contributed by atoms with Crippen LogP contribution in [0.5, 0.6) is 5.88 Å². The Morgan fingerprint density at radius 2 is 2.31 bits per heavy atom. The number of aromatic carboxylic acids is 1. The van der Waals surface area contributed by atoms with E-state index >= 15 is 0 Å². The largest absolute Gasteiger partial charge is 0.477 e. The number of carboxylic acids is 1. The molecule has 0 aliphatic heterocycles. The summed E-state index contributed by atoms with van der Waals surface area (Å²) in [5.41, 5.74) is 0.0312. The first-order chi connectivity index (χ1) is 6.11. The lowest BCUT2D eigenvalue weighted by atomic mass is 10.3. The van der Waals surface area contributed by atoms with Gasteiger partial charge in [0.25, 0.3) is 0 Å². The molecule has 0 radical (unpaired) electrons. The van der Waals surface area contributed by atoms with Crippen molar-refractivity contribution in [3.05, 3.63) is 17.8 Å². The van der Waals surface area contributed by atoms with Crippen LogP contribution in [0.4, 0.5) is 0 Å². The van der Waals surface area contributed by atoms with Gasteiger partial charge in [0.05, 0.1) is 12.3 Å². The SMILES string of the molecule is CC(C)Oc1nnccc1C(=O)O. The average Bonchev–Trinajstić information content (AvgIpc) is 2.03. The molecule has 13 heavy (non-hydrogen) atoms. The van der Waals surface area contributed by atoms with Crippen molar-refractivity contribution in [2.45, 2.75) is 20.0 Å². The summed E-state index contributed by atoms with van der Waals surface area (Å²) in [5.74, 6) is -1.00. The summed E-state index contributed by atoms with van der Waals surface area (Å²) >= 11 is 0. The van der Waals surface area contributed by atoms with E-state index in [0.29, 0.717) is 0 Å². The molecule has 5 nitrogen and oxygen atoms in total. The molecule has 0 spiro atoms. The Labute approximate surface area is 75.4 Å². The van der Waals surface area contributed by atoms with Crippen molar-refractivity contribution in [2.24, 2.45) is 0 Å². The summed E-state index contributed by atoms with van der Waals surface area (Å²) in [6.45, 7) is 3.58. The number of aromatic nitrogens is 2. The van der Waals surface area contributed by atoms with Crippen LogP contribution in [-0.2, 0) is 0 Å². The molecule has 0 fully saturated rings. The summed E-state index contributed by atoms with van der Waals surface area (Å²) in [6.07, 6.45) is 1.20. The molecule has 5 heteroatoms. The van der Waals surface area contributed by atoms with Gasteiger partial charge in [0, 0.05) is 0 Å². The van der Waals surface area contributed by atoms with E-state index < -0.39 is 5.97 Å². The van der Waals surface area contributed by atoms with Crippen LogP contribution in [0.2, 0.25) is 0 Å². The minimum absolute atomic E-state index is 0.0312. The van der Waals surface area contributed by atoms with Crippen LogP contribution in [-0.4, -0.2) is 27.4 Å². The molecule has 1 rings (SSSR count). The molecule has 1 aromatic heterocycles. The molecular formula is C8H10N2O3. The van der Waals surface area contributed by atoms with Crippen molar-refractivity contribution < 1.29 is 14.6 Å². The molecular weight excluding hydrogens is 172 g/mol. The molecule has 0 aliphatic carbocycles. The molecule has 1 N–H and O–H groups in total. The molecule has 70 valence electrons. The van der Waals surface area contributed by atoms with Gasteiger partial charge < -0.3 is 9.84 Å². The maximum absolute atomic E-state index is 10.7. The lowest BCUT2D eigenvalue weighted by Gasteiger charge is -2.08. The fourth-order valence-electron chi connectivity index (χ4n) is 0.792. The monoisotopic (exact) mass is 182 g/mol. The van der Waals surface area contributed by atoms with Gasteiger partial charge in [-0.25, -0.2) is 4.79 Å². The molecule has 0 aromatic carbocycles. The van der Waals surface area contributed by atoms with Crippen LogP contribution in [0.15, 0.2) is 12.3 Å². The maximum atomic E-state index is 10.7. The van der Waals surface area contributed by atoms with Crippen LogP contribution in [0.3, 0.4) is 0 Å². The lowest BCUT2D eigenvalue weighted by molar-refractivity contribution is 0.0688. The number of hydrogen-bond acceptors (Lipinski definition) is 4. The van der Waals surface area contributed by atoms with Crippen LogP contribution >= 0.6 is 0 Å². The Morgan fingerprint density at radius 3 is 2.85 bits per heavy atom. The lowest BCUT2D eigenvalue weighted by Crippen LogP contribution is -2.11. The quantitative estimate of drug-likeness (QED) is 0.753. The molecule has 0 bridgehead atoms. The smallest absolute Gasteiger partial charge is 0.341 e. The summed E-state index contributed by atoms with van der Waals surface area (Å²) in [6, 6.07) is 1.35. The van der Waals surface area contributed by atoms with Gasteiger partial charge >= 0.3 is 5.97 Å². The van der Waals surface area contributed by atoms with Crippen molar-refractivity contribution >= 4 is 5.97 Å². The molecule has 0 saturated carbocycles. The topological polar surface area (TPSA) is 72.3 Å². The van der Waals surface area contributed by atoms with Crippen molar-refractivity contribution in [1.29, 1.82) is 0 Å². The summed E-state index contributed by atoms with van der Waals surface area (Å²) in [5, 5.41) is 15.9. The van der Waals surface area contributed by atoms with E-state index in [9.17, 15) is 4.79 Å². The minimum atomic E-state index is -1.06. The summed E-state index contributed by atoms with van der Waals surface area (Å²) < 4.78 is 5.15. The number of nitrogens with zero attached hydrogens (tertiary/aromatic N) is 2. The van der Waals surface area contributed by atoms with E-state index in [2.05, 4.69) is 10.2 Å². The fraction of sp³-hybridized carbons (Fsp3) is 0.375. The highest BCUT2D eigenvalue weighted by Gasteiger charge is 2.13. The number of carboxylic acid groups (broad SMARTS) is 1. The molecule has 0 saturated heterocycles. The Kier molecular flexibility index (Phi) is 2.79. The van der Waals surface area contributed by atoms with Gasteiger partial charge in [0.2, 0.25) is 5.88 Å². The third-order valence-electron chi connectivity index (χ3n) is 1.26. The summed E-state index contributed by atoms with van der Waals surface area (Å²) in [4.78, 5) is 10.7. The predicted molar refractivity (Wildman–Crippen MR) is 44.8 cm³/mol. The van der Waals surface area contributed by atoms with Gasteiger partial charge in [0.1, 0.15) is 5.56 Å². The van der Waals surface area contributed by atoms with Crippen LogP contribution in [0.25, 0.3) is 0 Å². The third-order valence-corrected chi connectivity index (χ3v) is 1.26. The first-order valence-electron chi connectivity index (χ1n) is 3.83. The predicted octanol–water partition coefficient (Wildman–Crippen LogP) is 0.962. The van der Waals surface area contributed by atoms with E-state index in [1.54, 1.807) is 13.8 Å². The number of hydrogen-bond donors (Lipinski definition) is 1. The molecule has 0 unspecified atom stereocenters. The number of ether oxygens (including phenoxy) is 1. The van der Waals surface area contributed by atoms with Gasteiger partial charge in [-0.05, 0) is 19.9 Å². The average molecular weight is 182 g/mol. The van der Waals surface area contributed by atoms with Gasteiger partial charge in [-0.15, -0.1) is 5.10 Å². The van der Waals surface area contributed by atoms with Crippen LogP contribution in [0, 0.1) is 0 Å². The second kappa shape index (κ2) is 3.84. The van der Waals surface area contributed by atoms with E-state index in [4.69, 9.17) is 9.84 Å². The molecule has 0 aliphatic rings. The zero-order valence-corrected chi connectivity index (χ0v) is 7.39. The fourth-order valence-corrected chi connectivity index (χ4v) is 0.792. The normalized spacial score (nSPS) is 10.1. The molecule has 0 amide bonds. The Bertz CT molecular complexity index is 312. The zero-order chi connectivity index (χ0) is 9.84. The van der Waals surface area contributed by atoms with E-state index in [1.807, 2.05) is 0 Å². The molecule has 1 aromatic rings. The van der Waals surface area contributed by atoms with E-state index in [0.717, 1.165) is 0 Å². The van der Waals surface area contributed by atoms with Gasteiger partial charge in [-0.2, -0.15) is 5.10 Å². The van der Waals surface area contributed by atoms with Crippen LogP contribution < -0.4 is 4.74 Å². The van der Waals surface area contributed by atoms with Crippen molar-refractivity contribution in [3.63, 3.8) is 0 Å². The van der Waals surface area contributed by atoms with Gasteiger partial charge in [0.15, 0.2) is 0 Å².